The van der Waals surface area contributed by atoms with E-state index < -0.39 is 23.9 Å². The molecule has 10 nitrogen and oxygen atoms in total. The Morgan fingerprint density at radius 3 is 0.773 bits per heavy atom. The summed E-state index contributed by atoms with van der Waals surface area (Å²) in [4.78, 5) is 49.6. The molecule has 0 aromatic heterocycles. The number of carboxylic acid groups (broad SMARTS) is 4. The zero-order valence-electron chi connectivity index (χ0n) is 22.9. The molecule has 4 N–H and O–H groups in total. The molecule has 0 aliphatic carbocycles. The van der Waals surface area contributed by atoms with Crippen molar-refractivity contribution in [1.29, 1.82) is 0 Å². The highest BCUT2D eigenvalue weighted by molar-refractivity contribution is 5.92. The third-order valence-corrected chi connectivity index (χ3v) is 6.84. The first-order valence-electron chi connectivity index (χ1n) is 13.2. The molecule has 10 heteroatoms. The fourth-order valence-electron chi connectivity index (χ4n) is 4.68. The van der Waals surface area contributed by atoms with E-state index in [0.29, 0.717) is 34.1 Å². The van der Waals surface area contributed by atoms with Gasteiger partial charge in [-0.05, 0) is 115 Å². The molecule has 0 saturated heterocycles. The topological polar surface area (TPSA) is 156 Å². The van der Waals surface area contributed by atoms with Crippen LogP contribution < -0.4 is 9.80 Å². The molecule has 0 spiro atoms. The number of aromatic carboxylic acids is 4. The van der Waals surface area contributed by atoms with E-state index >= 15 is 0 Å². The summed E-state index contributed by atoms with van der Waals surface area (Å²) in [5, 5.41) is 37.6. The number of rotatable bonds is 10. The lowest BCUT2D eigenvalue weighted by Crippen LogP contribution is -2.14. The Bertz CT molecular complexity index is 1600. The van der Waals surface area contributed by atoms with Gasteiger partial charge in [0.05, 0.1) is 22.3 Å². The molecule has 5 aromatic rings. The molecule has 0 amide bonds. The average molecular weight is 589 g/mol. The summed E-state index contributed by atoms with van der Waals surface area (Å²) in [5.74, 6) is -4.30. The van der Waals surface area contributed by atoms with Crippen LogP contribution in [0, 0.1) is 0 Å². The molecule has 0 unspecified atom stereocenters. The van der Waals surface area contributed by atoms with Crippen LogP contribution in [0.5, 0.6) is 0 Å². The Hall–Kier alpha value is -6.42. The van der Waals surface area contributed by atoms with E-state index in [1.165, 1.54) is 48.5 Å². The number of benzene rings is 5. The van der Waals surface area contributed by atoms with Crippen LogP contribution in [0.15, 0.2) is 121 Å². The van der Waals surface area contributed by atoms with Crippen LogP contribution in [0.2, 0.25) is 0 Å². The molecule has 44 heavy (non-hydrogen) atoms. The molecular weight excluding hydrogens is 564 g/mol. The Kier molecular flexibility index (Phi) is 8.07. The van der Waals surface area contributed by atoms with Crippen LogP contribution in [0.25, 0.3) is 0 Å². The monoisotopic (exact) mass is 588 g/mol. The number of carboxylic acids is 4. The molecule has 0 heterocycles. The van der Waals surface area contributed by atoms with Crippen molar-refractivity contribution >= 4 is 58.0 Å². The van der Waals surface area contributed by atoms with Gasteiger partial charge in [0.15, 0.2) is 0 Å². The van der Waals surface area contributed by atoms with Crippen LogP contribution in [-0.4, -0.2) is 44.3 Å². The predicted molar refractivity (Wildman–Crippen MR) is 164 cm³/mol. The zero-order valence-corrected chi connectivity index (χ0v) is 22.9. The van der Waals surface area contributed by atoms with E-state index in [1.807, 2.05) is 28.0 Å². The largest absolute Gasteiger partial charge is 0.478 e. The van der Waals surface area contributed by atoms with Crippen molar-refractivity contribution in [2.45, 2.75) is 0 Å². The van der Waals surface area contributed by atoms with Gasteiger partial charge in [0.25, 0.3) is 0 Å². The highest BCUT2D eigenvalue weighted by Gasteiger charge is 2.19. The lowest BCUT2D eigenvalue weighted by Gasteiger charge is -2.29. The van der Waals surface area contributed by atoms with E-state index in [9.17, 15) is 39.6 Å². The first kappa shape index (κ1) is 29.1. The Morgan fingerprint density at radius 2 is 0.568 bits per heavy atom. The first-order valence-corrected chi connectivity index (χ1v) is 13.2. The summed E-state index contributed by atoms with van der Waals surface area (Å²) in [6, 6.07) is 32.3. The zero-order chi connectivity index (χ0) is 31.4. The fraction of sp³-hybridized carbons (Fsp3) is 0. The van der Waals surface area contributed by atoms with Crippen LogP contribution in [0.1, 0.15) is 41.4 Å². The molecule has 0 bridgehead atoms. The molecule has 0 aliphatic rings. The van der Waals surface area contributed by atoms with Crippen molar-refractivity contribution < 1.29 is 39.6 Å². The summed E-state index contributed by atoms with van der Waals surface area (Å²) < 4.78 is 0. The summed E-state index contributed by atoms with van der Waals surface area (Å²) in [7, 11) is 0. The number of hydrogen-bond acceptors (Lipinski definition) is 6. The molecule has 0 aliphatic heterocycles. The van der Waals surface area contributed by atoms with Gasteiger partial charge in [-0.2, -0.15) is 0 Å². The smallest absolute Gasteiger partial charge is 0.335 e. The number of nitrogens with zero attached hydrogens (tertiary/aromatic N) is 2. The first-order chi connectivity index (χ1) is 21.1. The second-order valence-electron chi connectivity index (χ2n) is 9.60. The molecule has 5 aromatic carbocycles. The van der Waals surface area contributed by atoms with Gasteiger partial charge in [0.1, 0.15) is 0 Å². The predicted octanol–water partition coefficient (Wildman–Crippen LogP) is 7.42. The molecule has 5 rings (SSSR count). The normalized spacial score (nSPS) is 10.5. The van der Waals surface area contributed by atoms with E-state index in [-0.39, 0.29) is 22.3 Å². The molecule has 0 fully saturated rings. The van der Waals surface area contributed by atoms with Gasteiger partial charge >= 0.3 is 23.9 Å². The van der Waals surface area contributed by atoms with Gasteiger partial charge in [-0.1, -0.05) is 6.07 Å². The van der Waals surface area contributed by atoms with Crippen LogP contribution in [0.4, 0.5) is 34.1 Å². The maximum Gasteiger partial charge on any atom is 0.335 e. The van der Waals surface area contributed by atoms with Crippen molar-refractivity contribution in [2.75, 3.05) is 9.80 Å². The minimum atomic E-state index is -1.07. The Morgan fingerprint density at radius 1 is 0.341 bits per heavy atom. The summed E-state index contributed by atoms with van der Waals surface area (Å²) in [6.07, 6.45) is 0. The SMILES string of the molecule is O=C(O)c1ccc(N(c2ccc(C(=O)O)cc2)c2cccc(N(c3ccc(C(=O)O)cc3)c3ccc(C(=O)O)cc3)c2)cc1. The van der Waals surface area contributed by atoms with E-state index in [2.05, 4.69) is 0 Å². The van der Waals surface area contributed by atoms with Crippen LogP contribution in [0.3, 0.4) is 0 Å². The van der Waals surface area contributed by atoms with Gasteiger partial charge in [0, 0.05) is 34.1 Å². The summed E-state index contributed by atoms with van der Waals surface area (Å²) in [6.45, 7) is 0. The van der Waals surface area contributed by atoms with Gasteiger partial charge in [-0.3, -0.25) is 0 Å². The van der Waals surface area contributed by atoms with Crippen molar-refractivity contribution in [3.63, 3.8) is 0 Å². The molecule has 0 atom stereocenters. The molecule has 0 saturated carbocycles. The van der Waals surface area contributed by atoms with Gasteiger partial charge in [-0.25, -0.2) is 19.2 Å². The maximum absolute atomic E-state index is 11.5. The minimum absolute atomic E-state index is 0.101. The summed E-state index contributed by atoms with van der Waals surface area (Å²) in [5.41, 5.74) is 4.13. The third-order valence-electron chi connectivity index (χ3n) is 6.84. The second-order valence-corrected chi connectivity index (χ2v) is 9.60. The van der Waals surface area contributed by atoms with Crippen LogP contribution in [-0.2, 0) is 0 Å². The van der Waals surface area contributed by atoms with E-state index in [0.717, 1.165) is 0 Å². The summed E-state index contributed by atoms with van der Waals surface area (Å²) >= 11 is 0. The van der Waals surface area contributed by atoms with Crippen molar-refractivity contribution in [2.24, 2.45) is 0 Å². The fourth-order valence-corrected chi connectivity index (χ4v) is 4.68. The van der Waals surface area contributed by atoms with Gasteiger partial charge < -0.3 is 30.2 Å². The average Bonchev–Trinajstić information content (AvgIpc) is 3.02. The van der Waals surface area contributed by atoms with Gasteiger partial charge in [0.2, 0.25) is 0 Å². The lowest BCUT2D eigenvalue weighted by molar-refractivity contribution is 0.0686. The van der Waals surface area contributed by atoms with Gasteiger partial charge in [-0.15, -0.1) is 0 Å². The molecule has 0 radical (unpaired) electrons. The van der Waals surface area contributed by atoms with E-state index in [1.54, 1.807) is 54.6 Å². The Labute approximate surface area is 250 Å². The van der Waals surface area contributed by atoms with Crippen LogP contribution >= 0.6 is 0 Å². The quantitative estimate of drug-likeness (QED) is 0.129. The van der Waals surface area contributed by atoms with E-state index in [4.69, 9.17) is 0 Å². The number of carbonyl (C=O) groups is 4. The van der Waals surface area contributed by atoms with Crippen molar-refractivity contribution in [3.8, 4) is 0 Å². The van der Waals surface area contributed by atoms with Crippen molar-refractivity contribution in [3.05, 3.63) is 144 Å². The maximum atomic E-state index is 11.5. The highest BCUT2D eigenvalue weighted by atomic mass is 16.4. The van der Waals surface area contributed by atoms with Crippen molar-refractivity contribution in [1.82, 2.24) is 0 Å². The number of anilines is 6. The molecular formula is C34H24N2O8. The Balaban J connectivity index is 1.66. The second kappa shape index (κ2) is 12.2. The number of hydrogen-bond donors (Lipinski definition) is 4. The molecule has 218 valence electrons. The highest BCUT2D eigenvalue weighted by Crippen LogP contribution is 2.40. The standard InChI is InChI=1S/C34H24N2O8/c37-31(38)21-4-12-25(13-5-21)35(26-14-6-22(7-15-26)32(39)40)29-2-1-3-30(20-29)36(27-16-8-23(9-17-27)33(41)42)28-18-10-24(11-19-28)34(43)44/h1-20H,(H,37,38)(H,39,40)(H,41,42)(H,43,44). The minimum Gasteiger partial charge on any atom is -0.478 e. The lowest BCUT2D eigenvalue weighted by atomic mass is 10.1. The third kappa shape index (κ3) is 6.09.